The number of aliphatic hydroxyl groups excluding tert-OH is 1. The van der Waals surface area contributed by atoms with Gasteiger partial charge in [-0.1, -0.05) is 31.2 Å². The first-order chi connectivity index (χ1) is 10.5. The van der Waals surface area contributed by atoms with Gasteiger partial charge in [-0.25, -0.2) is 0 Å². The quantitative estimate of drug-likeness (QED) is 0.719. The van der Waals surface area contributed by atoms with Gasteiger partial charge in [-0.2, -0.15) is 0 Å². The maximum absolute atomic E-state index is 10.2. The molecule has 2 atom stereocenters. The third kappa shape index (κ3) is 5.08. The molecule has 0 aliphatic carbocycles. The molecule has 118 valence electrons. The Bertz CT molecular complexity index is 560. The number of rotatable bonds is 7. The maximum atomic E-state index is 10.2. The van der Waals surface area contributed by atoms with Crippen LogP contribution in [0, 0.1) is 5.92 Å². The van der Waals surface area contributed by atoms with E-state index in [2.05, 4.69) is 6.92 Å². The molecule has 0 aliphatic rings. The molecule has 0 aromatic heterocycles. The molecule has 0 saturated heterocycles. The number of phenols is 2. The van der Waals surface area contributed by atoms with Crippen LogP contribution in [0.25, 0.3) is 0 Å². The average molecular weight is 300 g/mol. The molecule has 3 N–H and O–H groups in total. The van der Waals surface area contributed by atoms with Crippen LogP contribution < -0.4 is 0 Å². The van der Waals surface area contributed by atoms with E-state index < -0.39 is 6.10 Å². The summed E-state index contributed by atoms with van der Waals surface area (Å²) in [6.45, 7) is 2.20. The summed E-state index contributed by atoms with van der Waals surface area (Å²) in [6.07, 6.45) is 3.25. The topological polar surface area (TPSA) is 60.7 Å². The van der Waals surface area contributed by atoms with E-state index in [1.165, 1.54) is 5.56 Å². The summed E-state index contributed by atoms with van der Waals surface area (Å²) in [4.78, 5) is 0. The van der Waals surface area contributed by atoms with E-state index in [0.717, 1.165) is 31.2 Å². The van der Waals surface area contributed by atoms with Crippen molar-refractivity contribution < 1.29 is 15.3 Å². The number of benzene rings is 2. The Hall–Kier alpha value is -2.00. The number of phenolic OH excluding ortho intramolecular Hbond substituents is 2. The van der Waals surface area contributed by atoms with Gasteiger partial charge in [0.05, 0.1) is 6.10 Å². The van der Waals surface area contributed by atoms with Gasteiger partial charge in [-0.05, 0) is 67.0 Å². The van der Waals surface area contributed by atoms with Crippen molar-refractivity contribution in [3.8, 4) is 11.5 Å². The summed E-state index contributed by atoms with van der Waals surface area (Å²) in [5.74, 6) is 1.05. The van der Waals surface area contributed by atoms with Gasteiger partial charge >= 0.3 is 0 Å². The molecule has 2 aromatic rings. The van der Waals surface area contributed by atoms with Gasteiger partial charge in [0.2, 0.25) is 0 Å². The summed E-state index contributed by atoms with van der Waals surface area (Å²) >= 11 is 0. The van der Waals surface area contributed by atoms with Crippen LogP contribution in [0.4, 0.5) is 0 Å². The second kappa shape index (κ2) is 7.85. The van der Waals surface area contributed by atoms with Crippen molar-refractivity contribution in [3.05, 3.63) is 59.7 Å². The largest absolute Gasteiger partial charge is 0.508 e. The molecule has 0 spiro atoms. The molecule has 0 radical (unpaired) electrons. The summed E-state index contributed by atoms with van der Waals surface area (Å²) < 4.78 is 0. The van der Waals surface area contributed by atoms with Gasteiger partial charge in [0.1, 0.15) is 11.5 Å². The van der Waals surface area contributed by atoms with Gasteiger partial charge in [-0.15, -0.1) is 0 Å². The molecule has 2 unspecified atom stereocenters. The molecule has 0 amide bonds. The third-order valence-electron chi connectivity index (χ3n) is 4.07. The first-order valence-corrected chi connectivity index (χ1v) is 7.79. The lowest BCUT2D eigenvalue weighted by molar-refractivity contribution is 0.157. The number of aliphatic hydroxyl groups is 1. The van der Waals surface area contributed by atoms with Gasteiger partial charge in [0, 0.05) is 0 Å². The minimum absolute atomic E-state index is 0.221. The van der Waals surface area contributed by atoms with Gasteiger partial charge in [-0.3, -0.25) is 0 Å². The molecule has 0 aliphatic heterocycles. The van der Waals surface area contributed by atoms with E-state index in [4.69, 9.17) is 0 Å². The molecular weight excluding hydrogens is 276 g/mol. The molecule has 0 fully saturated rings. The Balaban J connectivity index is 1.73. The fourth-order valence-corrected chi connectivity index (χ4v) is 2.53. The van der Waals surface area contributed by atoms with Crippen molar-refractivity contribution in [1.82, 2.24) is 0 Å². The Morgan fingerprint density at radius 2 is 1.32 bits per heavy atom. The van der Waals surface area contributed by atoms with E-state index in [1.54, 1.807) is 36.4 Å². The zero-order valence-electron chi connectivity index (χ0n) is 12.9. The zero-order valence-corrected chi connectivity index (χ0v) is 12.9. The Morgan fingerprint density at radius 3 is 1.91 bits per heavy atom. The average Bonchev–Trinajstić information content (AvgIpc) is 2.52. The number of hydrogen-bond donors (Lipinski definition) is 3. The first kappa shape index (κ1) is 16.4. The van der Waals surface area contributed by atoms with Gasteiger partial charge < -0.3 is 15.3 Å². The smallest absolute Gasteiger partial charge is 0.115 e. The highest BCUT2D eigenvalue weighted by Crippen LogP contribution is 2.24. The monoisotopic (exact) mass is 300 g/mol. The first-order valence-electron chi connectivity index (χ1n) is 7.79. The van der Waals surface area contributed by atoms with E-state index >= 15 is 0 Å². The molecule has 2 rings (SSSR count). The van der Waals surface area contributed by atoms with Crippen molar-refractivity contribution >= 4 is 0 Å². The second-order valence-corrected chi connectivity index (χ2v) is 5.99. The third-order valence-corrected chi connectivity index (χ3v) is 4.07. The molecule has 22 heavy (non-hydrogen) atoms. The predicted molar refractivity (Wildman–Crippen MR) is 87.9 cm³/mol. The number of aryl methyl sites for hydroxylation is 1. The molecule has 0 heterocycles. The highest BCUT2D eigenvalue weighted by molar-refractivity contribution is 5.27. The van der Waals surface area contributed by atoms with Gasteiger partial charge in [0.25, 0.3) is 0 Å². The van der Waals surface area contributed by atoms with Crippen molar-refractivity contribution in [2.24, 2.45) is 5.92 Å². The fourth-order valence-electron chi connectivity index (χ4n) is 2.53. The van der Waals surface area contributed by atoms with Crippen LogP contribution in [0.15, 0.2) is 48.5 Å². The lowest BCUT2D eigenvalue weighted by Gasteiger charge is -2.15. The Morgan fingerprint density at radius 1 is 0.773 bits per heavy atom. The fraction of sp³-hybridized carbons (Fsp3) is 0.368. The van der Waals surface area contributed by atoms with Crippen molar-refractivity contribution in [3.63, 3.8) is 0 Å². The molecule has 0 saturated carbocycles. The maximum Gasteiger partial charge on any atom is 0.115 e. The van der Waals surface area contributed by atoms with Crippen molar-refractivity contribution in [2.75, 3.05) is 0 Å². The van der Waals surface area contributed by atoms with E-state index in [0.29, 0.717) is 11.7 Å². The summed E-state index contributed by atoms with van der Waals surface area (Å²) in [5, 5.41) is 28.7. The SMILES string of the molecule is CC(CCc1ccc(O)cc1)CCC(O)c1ccc(O)cc1. The highest BCUT2D eigenvalue weighted by atomic mass is 16.3. The van der Waals surface area contributed by atoms with Crippen molar-refractivity contribution in [2.45, 2.75) is 38.7 Å². The minimum atomic E-state index is -0.475. The molecule has 0 bridgehead atoms. The van der Waals surface area contributed by atoms with E-state index in [1.807, 2.05) is 12.1 Å². The van der Waals surface area contributed by atoms with Crippen LogP contribution in [0.3, 0.4) is 0 Å². The van der Waals surface area contributed by atoms with Crippen LogP contribution in [0.5, 0.6) is 11.5 Å². The lowest BCUT2D eigenvalue weighted by atomic mass is 9.94. The molecule has 3 nitrogen and oxygen atoms in total. The van der Waals surface area contributed by atoms with Crippen LogP contribution in [0.1, 0.15) is 43.4 Å². The number of hydrogen-bond acceptors (Lipinski definition) is 3. The Kier molecular flexibility index (Phi) is 5.84. The van der Waals surface area contributed by atoms with E-state index in [9.17, 15) is 15.3 Å². The Labute approximate surface area is 131 Å². The highest BCUT2D eigenvalue weighted by Gasteiger charge is 2.10. The lowest BCUT2D eigenvalue weighted by Crippen LogP contribution is -2.03. The van der Waals surface area contributed by atoms with Crippen LogP contribution in [-0.4, -0.2) is 15.3 Å². The van der Waals surface area contributed by atoms with Gasteiger partial charge in [0.15, 0.2) is 0 Å². The van der Waals surface area contributed by atoms with Crippen LogP contribution in [-0.2, 0) is 6.42 Å². The normalized spacial score (nSPS) is 13.7. The minimum Gasteiger partial charge on any atom is -0.508 e. The molecule has 3 heteroatoms. The van der Waals surface area contributed by atoms with Crippen LogP contribution in [0.2, 0.25) is 0 Å². The van der Waals surface area contributed by atoms with E-state index in [-0.39, 0.29) is 5.75 Å². The summed E-state index contributed by atoms with van der Waals surface area (Å²) in [7, 11) is 0. The zero-order chi connectivity index (χ0) is 15.9. The predicted octanol–water partition coefficient (Wildman–Crippen LogP) is 4.18. The standard InChI is InChI=1S/C19H24O3/c1-14(2-4-15-5-9-17(20)10-6-15)3-13-19(22)16-7-11-18(21)12-8-16/h5-12,14,19-22H,2-4,13H2,1H3. The van der Waals surface area contributed by atoms with Crippen LogP contribution >= 0.6 is 0 Å². The summed E-state index contributed by atoms with van der Waals surface area (Å²) in [5.41, 5.74) is 2.08. The molecular formula is C19H24O3. The number of aromatic hydroxyl groups is 2. The molecule has 2 aromatic carbocycles. The second-order valence-electron chi connectivity index (χ2n) is 5.99. The van der Waals surface area contributed by atoms with Crippen molar-refractivity contribution in [1.29, 1.82) is 0 Å². The summed E-state index contributed by atoms with van der Waals surface area (Å²) in [6, 6.07) is 14.1.